The maximum Gasteiger partial charge on any atom is 0.328 e. The molecule has 0 saturated carbocycles. The summed E-state index contributed by atoms with van der Waals surface area (Å²) in [5.74, 6) is 1.66. The van der Waals surface area contributed by atoms with Crippen molar-refractivity contribution in [1.29, 1.82) is 0 Å². The molecule has 2 heterocycles. The molecule has 0 aromatic heterocycles. The van der Waals surface area contributed by atoms with Gasteiger partial charge in [-0.05, 0) is 68.2 Å². The first-order valence-electron chi connectivity index (χ1n) is 13.0. The Morgan fingerprint density at radius 3 is 2.55 bits per heavy atom. The van der Waals surface area contributed by atoms with Gasteiger partial charge >= 0.3 is 11.9 Å². The number of carbonyl (C=O) groups is 2. The van der Waals surface area contributed by atoms with Crippen LogP contribution in [0.5, 0.6) is 17.2 Å². The van der Waals surface area contributed by atoms with E-state index >= 15 is 0 Å². The van der Waals surface area contributed by atoms with Gasteiger partial charge in [-0.25, -0.2) is 9.59 Å². The van der Waals surface area contributed by atoms with E-state index in [1.165, 1.54) is 34.6 Å². The number of carboxylic acids is 2. The third-order valence-electron chi connectivity index (χ3n) is 6.32. The van der Waals surface area contributed by atoms with Gasteiger partial charge in [0, 0.05) is 30.3 Å². The summed E-state index contributed by atoms with van der Waals surface area (Å²) >= 11 is 1.94. The van der Waals surface area contributed by atoms with Crippen LogP contribution in [0.1, 0.15) is 37.3 Å². The lowest BCUT2D eigenvalue weighted by atomic mass is 10.00. The molecule has 2 aliphatic heterocycles. The van der Waals surface area contributed by atoms with E-state index < -0.39 is 11.9 Å². The molecule has 1 atom stereocenters. The van der Waals surface area contributed by atoms with Gasteiger partial charge in [-0.15, -0.1) is 11.8 Å². The van der Waals surface area contributed by atoms with Crippen LogP contribution in [-0.4, -0.2) is 72.3 Å². The maximum atomic E-state index is 9.55. The smallest absolute Gasteiger partial charge is 0.328 e. The summed E-state index contributed by atoms with van der Waals surface area (Å²) in [6.07, 6.45) is 6.69. The lowest BCUT2D eigenvalue weighted by molar-refractivity contribution is -0.134. The topological polar surface area (TPSA) is 106 Å². The second-order valence-corrected chi connectivity index (χ2v) is 10.2. The van der Waals surface area contributed by atoms with Crippen LogP contribution in [0, 0.1) is 0 Å². The van der Waals surface area contributed by atoms with E-state index in [1.807, 2.05) is 30.0 Å². The molecule has 1 unspecified atom stereocenters. The van der Waals surface area contributed by atoms with Crippen molar-refractivity contribution in [1.82, 2.24) is 4.90 Å². The van der Waals surface area contributed by atoms with Gasteiger partial charge in [-0.2, -0.15) is 0 Å². The number of aliphatic carboxylic acids is 2. The SMILES string of the molecule is CCCN(CCCOc1cccc2c1SCCC2)C1COc2cccc(OC)c2C1.O=C(O)C=CC(=O)O. The molecular formula is C29H37NO7S. The average Bonchev–Trinajstić information content (AvgIpc) is 2.93. The zero-order chi connectivity index (χ0) is 27.3. The third kappa shape index (κ3) is 8.70. The number of carboxylic acid groups (broad SMARTS) is 2. The molecule has 0 aliphatic carbocycles. The first-order valence-corrected chi connectivity index (χ1v) is 14.0. The Bertz CT molecular complexity index is 1070. The zero-order valence-electron chi connectivity index (χ0n) is 22.1. The Balaban J connectivity index is 0.000000436. The lowest BCUT2D eigenvalue weighted by Gasteiger charge is -2.35. The van der Waals surface area contributed by atoms with E-state index in [-0.39, 0.29) is 0 Å². The Kier molecular flexibility index (Phi) is 11.8. The van der Waals surface area contributed by atoms with Gasteiger partial charge in [0.15, 0.2) is 0 Å². The van der Waals surface area contributed by atoms with E-state index in [0.717, 1.165) is 62.8 Å². The molecule has 0 fully saturated rings. The lowest BCUT2D eigenvalue weighted by Crippen LogP contribution is -2.44. The highest BCUT2D eigenvalue weighted by molar-refractivity contribution is 7.99. The molecule has 0 amide bonds. The van der Waals surface area contributed by atoms with Crippen molar-refractivity contribution in [2.75, 3.05) is 39.2 Å². The molecule has 0 spiro atoms. The Hall–Kier alpha value is -3.17. The van der Waals surface area contributed by atoms with E-state index in [1.54, 1.807) is 7.11 Å². The fraction of sp³-hybridized carbons (Fsp3) is 0.448. The van der Waals surface area contributed by atoms with Crippen LogP contribution in [0.4, 0.5) is 0 Å². The molecule has 0 saturated heterocycles. The van der Waals surface area contributed by atoms with Crippen LogP contribution in [-0.2, 0) is 22.4 Å². The summed E-state index contributed by atoms with van der Waals surface area (Å²) in [6.45, 7) is 5.84. The average molecular weight is 544 g/mol. The molecule has 38 heavy (non-hydrogen) atoms. The summed E-state index contributed by atoms with van der Waals surface area (Å²) < 4.78 is 17.9. The van der Waals surface area contributed by atoms with Gasteiger partial charge in [0.05, 0.1) is 18.6 Å². The molecule has 0 radical (unpaired) electrons. The van der Waals surface area contributed by atoms with Crippen LogP contribution in [0.15, 0.2) is 53.4 Å². The van der Waals surface area contributed by atoms with Crippen LogP contribution in [0.2, 0.25) is 0 Å². The number of aryl methyl sites for hydroxylation is 1. The Morgan fingerprint density at radius 1 is 1.11 bits per heavy atom. The second-order valence-electron chi connectivity index (χ2n) is 9.05. The second kappa shape index (κ2) is 15.3. The fourth-order valence-corrected chi connectivity index (χ4v) is 5.73. The molecule has 0 bridgehead atoms. The van der Waals surface area contributed by atoms with Gasteiger partial charge < -0.3 is 24.4 Å². The molecule has 8 nitrogen and oxygen atoms in total. The van der Waals surface area contributed by atoms with Crippen molar-refractivity contribution in [2.45, 2.75) is 50.0 Å². The van der Waals surface area contributed by atoms with Crippen LogP contribution in [0.25, 0.3) is 0 Å². The van der Waals surface area contributed by atoms with Gasteiger partial charge in [0.2, 0.25) is 0 Å². The predicted molar refractivity (Wildman–Crippen MR) is 148 cm³/mol. The normalized spacial score (nSPS) is 16.0. The Morgan fingerprint density at radius 2 is 1.84 bits per heavy atom. The predicted octanol–water partition coefficient (Wildman–Crippen LogP) is 4.93. The van der Waals surface area contributed by atoms with Gasteiger partial charge in [-0.3, -0.25) is 4.90 Å². The number of thioether (sulfide) groups is 1. The molecule has 2 N–H and O–H groups in total. The quantitative estimate of drug-likeness (QED) is 0.301. The number of hydrogen-bond donors (Lipinski definition) is 2. The van der Waals surface area contributed by atoms with E-state index in [9.17, 15) is 9.59 Å². The summed E-state index contributed by atoms with van der Waals surface area (Å²) in [7, 11) is 1.74. The number of ether oxygens (including phenoxy) is 3. The number of methoxy groups -OCH3 is 1. The molecule has 2 aliphatic rings. The molecular weight excluding hydrogens is 506 g/mol. The van der Waals surface area contributed by atoms with Crippen molar-refractivity contribution >= 4 is 23.7 Å². The minimum absolute atomic E-state index is 0.383. The van der Waals surface area contributed by atoms with Crippen molar-refractivity contribution in [3.63, 3.8) is 0 Å². The number of hydrogen-bond acceptors (Lipinski definition) is 7. The Labute approximate surface area is 228 Å². The molecule has 2 aromatic rings. The van der Waals surface area contributed by atoms with E-state index in [4.69, 9.17) is 24.4 Å². The summed E-state index contributed by atoms with van der Waals surface area (Å²) in [6, 6.07) is 13.0. The highest BCUT2D eigenvalue weighted by atomic mass is 32.2. The standard InChI is InChI=1S/C25H33NO3S.C4H4O4/c1-3-13-26(20-17-21-22(27-2)10-5-11-23(21)29-18-20)14-7-15-28-24-12-4-8-19-9-6-16-30-25(19)24;5-3(6)1-2-4(7)8/h4-5,8,10-12,20H,3,6-7,9,13-18H2,1-2H3;1-2H,(H,5,6)(H,7,8). The van der Waals surface area contributed by atoms with Crippen LogP contribution >= 0.6 is 11.8 Å². The van der Waals surface area contributed by atoms with Crippen molar-refractivity contribution in [2.24, 2.45) is 0 Å². The number of benzene rings is 2. The van der Waals surface area contributed by atoms with E-state index in [0.29, 0.717) is 18.2 Å². The van der Waals surface area contributed by atoms with Gasteiger partial charge in [0.1, 0.15) is 23.9 Å². The minimum Gasteiger partial charge on any atom is -0.496 e. The molecule has 9 heteroatoms. The highest BCUT2D eigenvalue weighted by Crippen LogP contribution is 2.37. The molecule has 206 valence electrons. The number of nitrogens with zero attached hydrogens (tertiary/aromatic N) is 1. The summed E-state index contributed by atoms with van der Waals surface area (Å²) in [4.78, 5) is 23.0. The van der Waals surface area contributed by atoms with Crippen LogP contribution < -0.4 is 14.2 Å². The number of fused-ring (bicyclic) bond motifs is 2. The zero-order valence-corrected chi connectivity index (χ0v) is 22.9. The fourth-order valence-electron chi connectivity index (χ4n) is 4.62. The monoisotopic (exact) mass is 543 g/mol. The number of rotatable bonds is 11. The van der Waals surface area contributed by atoms with Crippen molar-refractivity contribution < 1.29 is 34.0 Å². The maximum absolute atomic E-state index is 9.55. The highest BCUT2D eigenvalue weighted by Gasteiger charge is 2.27. The van der Waals surface area contributed by atoms with Gasteiger partial charge in [-0.1, -0.05) is 25.1 Å². The largest absolute Gasteiger partial charge is 0.496 e. The van der Waals surface area contributed by atoms with Gasteiger partial charge in [0.25, 0.3) is 0 Å². The van der Waals surface area contributed by atoms with E-state index in [2.05, 4.69) is 30.0 Å². The first-order chi connectivity index (χ1) is 18.4. The first kappa shape index (κ1) is 29.4. The summed E-state index contributed by atoms with van der Waals surface area (Å²) in [5.41, 5.74) is 2.64. The summed E-state index contributed by atoms with van der Waals surface area (Å²) in [5, 5.41) is 15.6. The van der Waals surface area contributed by atoms with Crippen molar-refractivity contribution in [3.05, 3.63) is 59.7 Å². The van der Waals surface area contributed by atoms with Crippen LogP contribution in [0.3, 0.4) is 0 Å². The molecule has 2 aromatic carbocycles. The minimum atomic E-state index is -1.26. The third-order valence-corrected chi connectivity index (χ3v) is 7.57. The van der Waals surface area contributed by atoms with Crippen molar-refractivity contribution in [3.8, 4) is 17.2 Å². The molecule has 4 rings (SSSR count).